The maximum atomic E-state index is 12.2. The molecule has 0 atom stereocenters. The fourth-order valence-electron chi connectivity index (χ4n) is 3.76. The van der Waals surface area contributed by atoms with Crippen LogP contribution in [0, 0.1) is 5.41 Å². The van der Waals surface area contributed by atoms with Gasteiger partial charge < -0.3 is 20.2 Å². The number of esters is 1. The van der Waals surface area contributed by atoms with Crippen molar-refractivity contribution in [2.45, 2.75) is 71.9 Å². The van der Waals surface area contributed by atoms with E-state index in [0.29, 0.717) is 18.8 Å². The molecule has 1 spiro atoms. The Labute approximate surface area is 161 Å². The van der Waals surface area contributed by atoms with Crippen molar-refractivity contribution in [2.75, 3.05) is 19.7 Å². The van der Waals surface area contributed by atoms with Crippen molar-refractivity contribution in [1.29, 1.82) is 0 Å². The highest BCUT2D eigenvalue weighted by molar-refractivity contribution is 6.65. The van der Waals surface area contributed by atoms with Gasteiger partial charge in [0.2, 0.25) is 0 Å². The third-order valence-electron chi connectivity index (χ3n) is 5.13. The topological polar surface area (TPSA) is 107 Å². The van der Waals surface area contributed by atoms with Crippen LogP contribution in [0.3, 0.4) is 0 Å². The number of nitrogens with two attached hydrogens (primary N) is 1. The van der Waals surface area contributed by atoms with Crippen LogP contribution in [0.25, 0.3) is 0 Å². The molecule has 2 aliphatic rings. The summed E-state index contributed by atoms with van der Waals surface area (Å²) in [5.41, 5.74) is 0.359. The Bertz CT molecular complexity index is 620. The molecule has 1 aliphatic heterocycles. The molecule has 2 rings (SSSR count). The number of carbonyl (C=O) groups excluding carboxylic acids is 2. The van der Waals surface area contributed by atoms with Crippen molar-refractivity contribution < 1.29 is 19.1 Å². The number of carbonyl (C=O) groups is 2. The quantitative estimate of drug-likeness (QED) is 0.349. The van der Waals surface area contributed by atoms with Crippen molar-refractivity contribution in [3.05, 3.63) is 0 Å². The number of likely N-dealkylation sites (tertiary alicyclic amines) is 1. The van der Waals surface area contributed by atoms with Gasteiger partial charge in [0, 0.05) is 13.1 Å². The lowest BCUT2D eigenvalue weighted by Gasteiger charge is -2.51. The Hall–Kier alpha value is -2.12. The molecule has 1 saturated carbocycles. The molecule has 1 amide bonds. The van der Waals surface area contributed by atoms with Gasteiger partial charge in [0.05, 0.1) is 18.4 Å². The number of rotatable bonds is 4. The van der Waals surface area contributed by atoms with Gasteiger partial charge in [-0.3, -0.25) is 4.99 Å². The first kappa shape index (κ1) is 21.2. The Balaban J connectivity index is 1.85. The van der Waals surface area contributed by atoms with Gasteiger partial charge in [-0.1, -0.05) is 0 Å². The predicted octanol–water partition coefficient (Wildman–Crippen LogP) is 2.50. The van der Waals surface area contributed by atoms with Crippen LogP contribution in [-0.2, 0) is 14.3 Å². The summed E-state index contributed by atoms with van der Waals surface area (Å²) in [6, 6.07) is 0.157. The van der Waals surface area contributed by atoms with E-state index in [1.54, 1.807) is 18.7 Å². The van der Waals surface area contributed by atoms with E-state index >= 15 is 0 Å². The minimum absolute atomic E-state index is 0.0811. The van der Waals surface area contributed by atoms with Gasteiger partial charge in [-0.15, -0.1) is 0 Å². The van der Waals surface area contributed by atoms with E-state index < -0.39 is 11.6 Å². The Kier molecular flexibility index (Phi) is 6.49. The highest BCUT2D eigenvalue weighted by Gasteiger charge is 2.47. The first-order chi connectivity index (χ1) is 12.6. The highest BCUT2D eigenvalue weighted by Crippen LogP contribution is 2.50. The summed E-state index contributed by atoms with van der Waals surface area (Å²) in [6.45, 7) is 10.8. The molecule has 8 nitrogen and oxygen atoms in total. The van der Waals surface area contributed by atoms with Crippen LogP contribution in [0.15, 0.2) is 10.1 Å². The monoisotopic (exact) mass is 380 g/mol. The summed E-state index contributed by atoms with van der Waals surface area (Å²) in [5, 5.41) is 3.53. The lowest BCUT2D eigenvalue weighted by atomic mass is 9.60. The largest absolute Gasteiger partial charge is 0.461 e. The van der Waals surface area contributed by atoms with Crippen LogP contribution in [0.4, 0.5) is 4.79 Å². The maximum absolute atomic E-state index is 12.2. The Morgan fingerprint density at radius 1 is 1.22 bits per heavy atom. The van der Waals surface area contributed by atoms with Crippen LogP contribution in [0.5, 0.6) is 0 Å². The van der Waals surface area contributed by atoms with Gasteiger partial charge in [-0.25, -0.2) is 9.59 Å². The summed E-state index contributed by atoms with van der Waals surface area (Å²) >= 11 is 0. The van der Waals surface area contributed by atoms with Crippen molar-refractivity contribution >= 4 is 23.5 Å². The van der Waals surface area contributed by atoms with Gasteiger partial charge >= 0.3 is 12.1 Å². The van der Waals surface area contributed by atoms with Crippen molar-refractivity contribution in [3.8, 4) is 0 Å². The van der Waals surface area contributed by atoms with Crippen LogP contribution in [0.1, 0.15) is 60.3 Å². The Morgan fingerprint density at radius 2 is 1.81 bits per heavy atom. The molecule has 2 fully saturated rings. The summed E-state index contributed by atoms with van der Waals surface area (Å²) in [7, 11) is 0. The van der Waals surface area contributed by atoms with Crippen molar-refractivity contribution in [2.24, 2.45) is 21.4 Å². The van der Waals surface area contributed by atoms with Crippen molar-refractivity contribution in [3.63, 3.8) is 0 Å². The van der Waals surface area contributed by atoms with Gasteiger partial charge in [0.25, 0.3) is 0 Å². The van der Waals surface area contributed by atoms with E-state index in [1.165, 1.54) is 0 Å². The van der Waals surface area contributed by atoms with Crippen LogP contribution >= 0.6 is 0 Å². The van der Waals surface area contributed by atoms with Gasteiger partial charge in [0.15, 0.2) is 5.71 Å². The Morgan fingerprint density at radius 3 is 2.30 bits per heavy atom. The first-order valence-corrected chi connectivity index (χ1v) is 9.57. The zero-order valence-electron chi connectivity index (χ0n) is 17.1. The number of aliphatic imine (C=N–C) groups is 1. The summed E-state index contributed by atoms with van der Waals surface area (Å²) < 4.78 is 10.4. The second-order valence-corrected chi connectivity index (χ2v) is 8.44. The van der Waals surface area contributed by atoms with E-state index in [1.807, 2.05) is 20.8 Å². The molecule has 0 aromatic heterocycles. The summed E-state index contributed by atoms with van der Waals surface area (Å²) in [4.78, 5) is 30.4. The molecular formula is C19H32N4O4. The molecular weight excluding hydrogens is 348 g/mol. The highest BCUT2D eigenvalue weighted by atomic mass is 16.6. The zero-order valence-corrected chi connectivity index (χ0v) is 17.1. The third-order valence-corrected chi connectivity index (χ3v) is 5.13. The molecule has 0 radical (unpaired) electrons. The number of amides is 1. The average Bonchev–Trinajstić information content (AvgIpc) is 2.53. The van der Waals surface area contributed by atoms with E-state index in [4.69, 9.17) is 15.3 Å². The lowest BCUT2D eigenvalue weighted by Crippen LogP contribution is -2.51. The molecule has 8 heteroatoms. The summed E-state index contributed by atoms with van der Waals surface area (Å²) in [6.07, 6.45) is 3.57. The minimum Gasteiger partial charge on any atom is -0.461 e. The van der Waals surface area contributed by atoms with E-state index in [0.717, 1.165) is 25.7 Å². The average molecular weight is 380 g/mol. The number of hydrogen-bond acceptors (Lipinski definition) is 7. The molecule has 2 N–H and O–H groups in total. The van der Waals surface area contributed by atoms with Gasteiger partial charge in [-0.05, 0) is 65.7 Å². The zero-order chi connectivity index (χ0) is 20.2. The number of ether oxygens (including phenoxy) is 2. The maximum Gasteiger partial charge on any atom is 0.410 e. The van der Waals surface area contributed by atoms with Gasteiger partial charge in [0.1, 0.15) is 5.60 Å². The van der Waals surface area contributed by atoms with E-state index in [-0.39, 0.29) is 29.9 Å². The van der Waals surface area contributed by atoms with Crippen LogP contribution < -0.4 is 5.84 Å². The first-order valence-electron chi connectivity index (χ1n) is 9.57. The molecule has 1 saturated heterocycles. The number of hydrazone groups is 1. The predicted molar refractivity (Wildman–Crippen MR) is 104 cm³/mol. The minimum atomic E-state index is -0.541. The molecule has 0 unspecified atom stereocenters. The molecule has 152 valence electrons. The summed E-state index contributed by atoms with van der Waals surface area (Å²) in [5.74, 6) is 4.78. The number of piperidine rings is 1. The number of nitrogens with zero attached hydrogens (tertiary/aromatic N) is 3. The van der Waals surface area contributed by atoms with Crippen LogP contribution in [0.2, 0.25) is 0 Å². The lowest BCUT2D eigenvalue weighted by molar-refractivity contribution is -0.134. The van der Waals surface area contributed by atoms with E-state index in [9.17, 15) is 9.59 Å². The number of hydrogen-bond donors (Lipinski definition) is 1. The fourth-order valence-corrected chi connectivity index (χ4v) is 3.76. The SMILES string of the molecule is CCOC(=O)/C(=N/N)C(C)=NC1CC2(CCN(C(=O)OC(C)(C)C)CC2)C1. The molecule has 0 aromatic rings. The second kappa shape index (κ2) is 8.27. The van der Waals surface area contributed by atoms with Crippen molar-refractivity contribution in [1.82, 2.24) is 4.90 Å². The van der Waals surface area contributed by atoms with E-state index in [2.05, 4.69) is 10.1 Å². The fraction of sp³-hybridized carbons (Fsp3) is 0.789. The molecule has 0 aromatic carbocycles. The molecule has 27 heavy (non-hydrogen) atoms. The standard InChI is InChI=1S/C19H32N4O4/c1-6-26-16(24)15(22-20)13(2)21-14-11-19(12-14)7-9-23(10-8-19)17(25)27-18(3,4)5/h14H,6-12,20H2,1-5H3/b21-13?,22-15+. The molecule has 1 heterocycles. The van der Waals surface area contributed by atoms with Crippen LogP contribution in [-0.4, -0.2) is 59.7 Å². The second-order valence-electron chi connectivity index (χ2n) is 8.44. The smallest absolute Gasteiger partial charge is 0.410 e. The normalized spacial score (nSPS) is 21.0. The molecule has 0 bridgehead atoms. The van der Waals surface area contributed by atoms with Gasteiger partial charge in [-0.2, -0.15) is 5.10 Å². The molecule has 1 aliphatic carbocycles. The third kappa shape index (κ3) is 5.43.